The molecule has 8 heteroatoms. The Morgan fingerprint density at radius 3 is 2.83 bits per heavy atom. The zero-order chi connectivity index (χ0) is 23.7. The number of hydrogen-bond donors (Lipinski definition) is 3. The van der Waals surface area contributed by atoms with Crippen molar-refractivity contribution in [2.75, 3.05) is 18.0 Å². The number of anilines is 1. The molecule has 3 aliphatic rings. The van der Waals surface area contributed by atoms with Crippen molar-refractivity contribution in [2.24, 2.45) is 18.2 Å². The van der Waals surface area contributed by atoms with Crippen molar-refractivity contribution in [3.05, 3.63) is 81.0 Å². The monoisotopic (exact) mass is 467 g/mol. The Balaban J connectivity index is 1.18. The average molecular weight is 468 g/mol. The Hall–Kier alpha value is -3.65. The summed E-state index contributed by atoms with van der Waals surface area (Å²) in [5.74, 6) is 0.595. The summed E-state index contributed by atoms with van der Waals surface area (Å²) in [6.45, 7) is 1.62. The van der Waals surface area contributed by atoms with Crippen LogP contribution in [0.2, 0.25) is 0 Å². The first kappa shape index (κ1) is 20.7. The summed E-state index contributed by atoms with van der Waals surface area (Å²) in [6, 6.07) is 10.7. The first-order chi connectivity index (χ1) is 17.0. The molecule has 0 saturated carbocycles. The Morgan fingerprint density at radius 2 is 2.00 bits per heavy atom. The number of aryl methyl sites for hydroxylation is 1. The predicted molar refractivity (Wildman–Crippen MR) is 136 cm³/mol. The first-order valence-corrected chi connectivity index (χ1v) is 12.5. The lowest BCUT2D eigenvalue weighted by Gasteiger charge is -2.42. The van der Waals surface area contributed by atoms with Crippen molar-refractivity contribution >= 4 is 22.6 Å². The van der Waals surface area contributed by atoms with Gasteiger partial charge in [-0.3, -0.25) is 14.9 Å². The van der Waals surface area contributed by atoms with E-state index in [0.29, 0.717) is 17.0 Å². The third-order valence-electron chi connectivity index (χ3n) is 8.55. The van der Waals surface area contributed by atoms with Gasteiger partial charge in [-0.15, -0.1) is 0 Å². The van der Waals surface area contributed by atoms with E-state index in [1.165, 1.54) is 16.8 Å². The maximum absolute atomic E-state index is 13.3. The van der Waals surface area contributed by atoms with Gasteiger partial charge in [-0.2, -0.15) is 10.1 Å². The van der Waals surface area contributed by atoms with Crippen LogP contribution in [0.3, 0.4) is 0 Å². The quantitative estimate of drug-likeness (QED) is 0.420. The fraction of sp³-hybridized carbons (Fsp3) is 0.370. The van der Waals surface area contributed by atoms with Crippen molar-refractivity contribution < 1.29 is 0 Å². The Bertz CT molecular complexity index is 1550. The molecular weight excluding hydrogens is 438 g/mol. The SMILES string of the molecule is Cn1ccc2c1CCC=C2c1[nH]nc2nc(N3CCC4(CC3)Cc3ccccc3[C@H]4N)[nH]c(=O)c12. The average Bonchev–Trinajstić information content (AvgIpc) is 3.55. The Kier molecular flexibility index (Phi) is 4.39. The molecule has 35 heavy (non-hydrogen) atoms. The molecule has 3 aromatic heterocycles. The van der Waals surface area contributed by atoms with Gasteiger partial charge < -0.3 is 15.2 Å². The molecule has 4 N–H and O–H groups in total. The number of piperidine rings is 1. The van der Waals surface area contributed by atoms with E-state index in [2.05, 4.69) is 74.3 Å². The smallest absolute Gasteiger partial charge is 0.264 e. The van der Waals surface area contributed by atoms with Crippen molar-refractivity contribution in [3.8, 4) is 0 Å². The summed E-state index contributed by atoms with van der Waals surface area (Å²) in [7, 11) is 2.06. The van der Waals surface area contributed by atoms with Crippen LogP contribution in [0, 0.1) is 5.41 Å². The van der Waals surface area contributed by atoms with Gasteiger partial charge in [-0.05, 0) is 54.7 Å². The third kappa shape index (κ3) is 2.99. The molecule has 8 nitrogen and oxygen atoms in total. The van der Waals surface area contributed by atoms with Gasteiger partial charge in [0, 0.05) is 49.2 Å². The van der Waals surface area contributed by atoms with Crippen LogP contribution in [-0.4, -0.2) is 37.8 Å². The zero-order valence-electron chi connectivity index (χ0n) is 19.8. The fourth-order valence-electron chi connectivity index (χ4n) is 6.55. The molecule has 7 rings (SSSR count). The van der Waals surface area contributed by atoms with Crippen molar-refractivity contribution in [1.82, 2.24) is 24.7 Å². The topological polar surface area (TPSA) is 109 Å². The molecule has 4 heterocycles. The summed E-state index contributed by atoms with van der Waals surface area (Å²) < 4.78 is 2.15. The van der Waals surface area contributed by atoms with Crippen LogP contribution in [0.25, 0.3) is 16.6 Å². The van der Waals surface area contributed by atoms with Crippen LogP contribution in [0.15, 0.2) is 47.4 Å². The molecular formula is C27H29N7O. The molecule has 1 spiro atoms. The van der Waals surface area contributed by atoms with E-state index in [0.717, 1.165) is 62.0 Å². The summed E-state index contributed by atoms with van der Waals surface area (Å²) >= 11 is 0. The molecule has 2 aliphatic carbocycles. The maximum atomic E-state index is 13.3. The summed E-state index contributed by atoms with van der Waals surface area (Å²) in [5, 5.41) is 8.09. The lowest BCUT2D eigenvalue weighted by Crippen LogP contribution is -2.45. The van der Waals surface area contributed by atoms with E-state index in [1.54, 1.807) is 0 Å². The number of aromatic amines is 2. The van der Waals surface area contributed by atoms with Gasteiger partial charge in [-0.25, -0.2) is 0 Å². The molecule has 0 bridgehead atoms. The molecule has 1 atom stereocenters. The zero-order valence-corrected chi connectivity index (χ0v) is 19.8. The minimum atomic E-state index is -0.150. The number of benzene rings is 1. The van der Waals surface area contributed by atoms with Gasteiger partial charge in [0.15, 0.2) is 5.65 Å². The van der Waals surface area contributed by atoms with Crippen LogP contribution in [0.1, 0.15) is 53.4 Å². The molecule has 1 fully saturated rings. The van der Waals surface area contributed by atoms with Gasteiger partial charge in [0.05, 0.1) is 5.69 Å². The van der Waals surface area contributed by atoms with E-state index in [4.69, 9.17) is 10.7 Å². The number of nitrogens with two attached hydrogens (primary N) is 1. The number of fused-ring (bicyclic) bond motifs is 3. The van der Waals surface area contributed by atoms with Crippen LogP contribution >= 0.6 is 0 Å². The van der Waals surface area contributed by atoms with E-state index in [1.807, 2.05) is 0 Å². The third-order valence-corrected chi connectivity index (χ3v) is 8.55. The number of nitrogens with zero attached hydrogens (tertiary/aromatic N) is 4. The van der Waals surface area contributed by atoms with Crippen LogP contribution < -0.4 is 16.2 Å². The van der Waals surface area contributed by atoms with E-state index in [9.17, 15) is 4.79 Å². The van der Waals surface area contributed by atoms with Gasteiger partial charge in [0.25, 0.3) is 5.56 Å². The Morgan fingerprint density at radius 1 is 1.17 bits per heavy atom. The standard InChI is InChI=1S/C27H29N7O/c1-33-12-9-18-19(7-4-8-20(18)33)22-21-24(32-31-22)29-26(30-25(21)35)34-13-10-27(11-14-34)15-16-5-2-3-6-17(16)23(27)28/h2-3,5-7,9,12,23H,4,8,10-11,13-15,28H2,1H3,(H2,29,30,31,32,35)/t23-/m1/s1. The number of hydrogen-bond acceptors (Lipinski definition) is 5. The van der Waals surface area contributed by atoms with Crippen LogP contribution in [0.4, 0.5) is 5.95 Å². The second-order valence-electron chi connectivity index (χ2n) is 10.3. The van der Waals surface area contributed by atoms with Crippen molar-refractivity contribution in [1.29, 1.82) is 0 Å². The largest absolute Gasteiger partial charge is 0.354 e. The molecule has 0 radical (unpaired) electrons. The summed E-state index contributed by atoms with van der Waals surface area (Å²) in [6.07, 6.45) is 9.17. The fourth-order valence-corrected chi connectivity index (χ4v) is 6.55. The number of aromatic nitrogens is 5. The second-order valence-corrected chi connectivity index (χ2v) is 10.3. The summed E-state index contributed by atoms with van der Waals surface area (Å²) in [4.78, 5) is 23.3. The summed E-state index contributed by atoms with van der Waals surface area (Å²) in [5.41, 5.74) is 14.0. The van der Waals surface area contributed by atoms with Gasteiger partial charge >= 0.3 is 0 Å². The van der Waals surface area contributed by atoms with Crippen molar-refractivity contribution in [3.63, 3.8) is 0 Å². The molecule has 0 amide bonds. The lowest BCUT2D eigenvalue weighted by molar-refractivity contribution is 0.187. The predicted octanol–water partition coefficient (Wildman–Crippen LogP) is 3.21. The lowest BCUT2D eigenvalue weighted by atomic mass is 9.73. The molecule has 178 valence electrons. The minimum absolute atomic E-state index is 0.0656. The minimum Gasteiger partial charge on any atom is -0.354 e. The van der Waals surface area contributed by atoms with Gasteiger partial charge in [0.2, 0.25) is 5.95 Å². The second kappa shape index (κ2) is 7.42. The molecule has 4 aromatic rings. The van der Waals surface area contributed by atoms with Crippen LogP contribution in [-0.2, 0) is 19.9 Å². The highest BCUT2D eigenvalue weighted by Crippen LogP contribution is 2.50. The number of nitrogens with one attached hydrogen (secondary N) is 2. The van der Waals surface area contributed by atoms with Gasteiger partial charge in [-0.1, -0.05) is 30.3 Å². The molecule has 1 saturated heterocycles. The maximum Gasteiger partial charge on any atom is 0.264 e. The normalized spacial score (nSPS) is 20.8. The highest BCUT2D eigenvalue weighted by Gasteiger charge is 2.46. The Labute approximate surface area is 202 Å². The highest BCUT2D eigenvalue weighted by atomic mass is 16.1. The first-order valence-electron chi connectivity index (χ1n) is 12.5. The molecule has 1 aliphatic heterocycles. The molecule has 1 aromatic carbocycles. The molecule has 0 unspecified atom stereocenters. The van der Waals surface area contributed by atoms with Crippen LogP contribution in [0.5, 0.6) is 0 Å². The highest BCUT2D eigenvalue weighted by molar-refractivity contribution is 5.94. The number of allylic oxidation sites excluding steroid dienone is 1. The van der Waals surface area contributed by atoms with E-state index in [-0.39, 0.29) is 17.0 Å². The number of H-pyrrole nitrogens is 2. The van der Waals surface area contributed by atoms with E-state index >= 15 is 0 Å². The number of rotatable bonds is 2. The van der Waals surface area contributed by atoms with E-state index < -0.39 is 0 Å². The van der Waals surface area contributed by atoms with Gasteiger partial charge in [0.1, 0.15) is 5.39 Å². The van der Waals surface area contributed by atoms with Crippen molar-refractivity contribution in [2.45, 2.75) is 38.1 Å².